The topological polar surface area (TPSA) is 114 Å². The molecular weight excluding hydrogens is 755 g/mol. The maximum Gasteiger partial charge on any atom is 0.306 e. The monoisotopic (exact) mass is 825 g/mol. The Morgan fingerprint density at radius 1 is 0.661 bits per heavy atom. The maximum atomic E-state index is 13.2. The zero-order valence-electron chi connectivity index (χ0n) is 36.4. The van der Waals surface area contributed by atoms with Crippen LogP contribution in [0.3, 0.4) is 0 Å². The van der Waals surface area contributed by atoms with E-state index in [1.807, 2.05) is 0 Å². The van der Waals surface area contributed by atoms with Crippen molar-refractivity contribution in [1.29, 1.82) is 0 Å². The average molecular weight is 826 g/mol. The predicted octanol–water partition coefficient (Wildman–Crippen LogP) is 10.7. The van der Waals surface area contributed by atoms with E-state index in [0.717, 1.165) is 77.0 Å². The molecule has 322 valence electrons. The highest BCUT2D eigenvalue weighted by Crippen LogP contribution is 2.37. The molecule has 0 aliphatic carbocycles. The Morgan fingerprint density at radius 2 is 1.14 bits per heavy atom. The Hall–Kier alpha value is -3.60. The van der Waals surface area contributed by atoms with E-state index in [1.54, 1.807) is 0 Å². The van der Waals surface area contributed by atoms with E-state index in [1.165, 1.54) is 32.7 Å². The average Bonchev–Trinajstić information content (AvgIpc) is 3.21. The third-order valence-electron chi connectivity index (χ3n) is 12.6. The highest BCUT2D eigenvalue weighted by Gasteiger charge is 2.49. The lowest BCUT2D eigenvalue weighted by atomic mass is 9.96. The molecule has 1 fully saturated rings. The molecule has 59 heavy (non-hydrogen) atoms. The maximum absolute atomic E-state index is 13.2. The van der Waals surface area contributed by atoms with Crippen molar-refractivity contribution >= 4 is 41.7 Å². The smallest absolute Gasteiger partial charge is 0.306 e. The summed E-state index contributed by atoms with van der Waals surface area (Å²) in [4.78, 5) is 26.4. The number of amides is 1. The quantitative estimate of drug-likeness (QED) is 0.0388. The highest BCUT2D eigenvalue weighted by molar-refractivity contribution is 6.74. The summed E-state index contributed by atoms with van der Waals surface area (Å²) in [5, 5.41) is 30.7. The van der Waals surface area contributed by atoms with E-state index in [-0.39, 0.29) is 30.4 Å². The van der Waals surface area contributed by atoms with Crippen LogP contribution in [0, 0.1) is 0 Å². The molecule has 5 rings (SSSR count). The third-order valence-corrected chi connectivity index (χ3v) is 17.1. The van der Waals surface area contributed by atoms with Gasteiger partial charge in [0.25, 0.3) is 0 Å². The van der Waals surface area contributed by atoms with Crippen molar-refractivity contribution in [2.24, 2.45) is 0 Å². The molecule has 3 N–H and O–H groups in total. The van der Waals surface area contributed by atoms with Gasteiger partial charge in [0.2, 0.25) is 5.91 Å². The molecular formula is C50H71NO7Si. The van der Waals surface area contributed by atoms with Crippen LogP contribution in [0.25, 0.3) is 21.5 Å². The van der Waals surface area contributed by atoms with Gasteiger partial charge in [0, 0.05) is 12.8 Å². The first-order valence-corrected chi connectivity index (χ1v) is 25.3. The predicted molar refractivity (Wildman–Crippen MR) is 242 cm³/mol. The molecule has 0 radical (unpaired) electrons. The van der Waals surface area contributed by atoms with E-state index in [2.05, 4.69) is 124 Å². The molecule has 4 aromatic carbocycles. The molecule has 0 unspecified atom stereocenters. The number of esters is 1. The largest absolute Gasteiger partial charge is 0.457 e. The molecule has 8 nitrogen and oxygen atoms in total. The van der Waals surface area contributed by atoms with Gasteiger partial charge in [-0.3, -0.25) is 9.59 Å². The van der Waals surface area contributed by atoms with Crippen molar-refractivity contribution in [2.75, 3.05) is 6.61 Å². The number of unbranched alkanes of at least 4 members (excludes halogenated alkanes) is 10. The SMILES string of the molecule is CC(C)(C)[Si](C)(C)OC[C@H]1O[C@H](O)[C@@H](NC(=O)CCCCCCCCc2cccc3ccccc23)[C@@H](OC(=O)CCCCCCCCc2cccc3ccccc23)[C@@H]1O. The summed E-state index contributed by atoms with van der Waals surface area (Å²) < 4.78 is 18.1. The number of carbonyl (C=O) groups is 2. The molecule has 5 atom stereocenters. The van der Waals surface area contributed by atoms with E-state index < -0.39 is 44.9 Å². The molecule has 1 heterocycles. The Balaban J connectivity index is 1.04. The number of hydrogen-bond acceptors (Lipinski definition) is 7. The molecule has 0 aromatic heterocycles. The minimum Gasteiger partial charge on any atom is -0.457 e. The summed E-state index contributed by atoms with van der Waals surface area (Å²) in [6, 6.07) is 29.0. The van der Waals surface area contributed by atoms with Crippen LogP contribution in [-0.4, -0.2) is 67.7 Å². The number of aliphatic hydroxyl groups excluding tert-OH is 2. The van der Waals surface area contributed by atoms with Gasteiger partial charge in [0.05, 0.1) is 6.61 Å². The summed E-state index contributed by atoms with van der Waals surface area (Å²) in [7, 11) is -2.21. The van der Waals surface area contributed by atoms with Crippen molar-refractivity contribution in [3.8, 4) is 0 Å². The minimum atomic E-state index is -2.21. The zero-order chi connectivity index (χ0) is 42.3. The summed E-state index contributed by atoms with van der Waals surface area (Å²) >= 11 is 0. The number of aryl methyl sites for hydroxylation is 2. The van der Waals surface area contributed by atoms with Crippen LogP contribution in [0.4, 0.5) is 0 Å². The molecule has 0 saturated carbocycles. The molecule has 1 aliphatic heterocycles. The Kier molecular flexibility index (Phi) is 18.0. The molecule has 9 heteroatoms. The number of nitrogens with one attached hydrogen (secondary N) is 1. The van der Waals surface area contributed by atoms with Crippen molar-refractivity contribution in [2.45, 2.75) is 172 Å². The number of benzene rings is 4. The normalized spacial score (nSPS) is 19.9. The Morgan fingerprint density at radius 3 is 1.68 bits per heavy atom. The van der Waals surface area contributed by atoms with Crippen LogP contribution in [0.1, 0.15) is 122 Å². The summed E-state index contributed by atoms with van der Waals surface area (Å²) in [6.07, 6.45) is 9.74. The second-order valence-corrected chi connectivity index (χ2v) is 23.0. The number of carbonyl (C=O) groups excluding carboxylic acids is 2. The summed E-state index contributed by atoms with van der Waals surface area (Å²) in [5.41, 5.74) is 2.79. The van der Waals surface area contributed by atoms with Gasteiger partial charge in [0.1, 0.15) is 18.2 Å². The van der Waals surface area contributed by atoms with Crippen LogP contribution in [0.15, 0.2) is 84.9 Å². The van der Waals surface area contributed by atoms with Crippen LogP contribution >= 0.6 is 0 Å². The lowest BCUT2D eigenvalue weighted by Crippen LogP contribution is -2.65. The van der Waals surface area contributed by atoms with Crippen LogP contribution in [0.5, 0.6) is 0 Å². The second-order valence-electron chi connectivity index (χ2n) is 18.2. The number of rotatable bonds is 23. The molecule has 0 spiro atoms. The first-order chi connectivity index (χ1) is 28.3. The van der Waals surface area contributed by atoms with Crippen molar-refractivity contribution in [1.82, 2.24) is 5.32 Å². The Labute approximate surface area is 354 Å². The van der Waals surface area contributed by atoms with E-state index >= 15 is 0 Å². The molecule has 1 saturated heterocycles. The zero-order valence-corrected chi connectivity index (χ0v) is 37.4. The van der Waals surface area contributed by atoms with Crippen molar-refractivity contribution < 1.29 is 33.7 Å². The lowest BCUT2D eigenvalue weighted by molar-refractivity contribution is -0.258. The van der Waals surface area contributed by atoms with Crippen LogP contribution < -0.4 is 5.32 Å². The second kappa shape index (κ2) is 22.8. The van der Waals surface area contributed by atoms with E-state index in [9.17, 15) is 19.8 Å². The summed E-state index contributed by atoms with van der Waals surface area (Å²) in [6.45, 7) is 10.6. The summed E-state index contributed by atoms with van der Waals surface area (Å²) in [5.74, 6) is -0.721. The van der Waals surface area contributed by atoms with Crippen molar-refractivity contribution in [3.63, 3.8) is 0 Å². The molecule has 0 bridgehead atoms. The molecule has 1 aliphatic rings. The Bertz CT molecular complexity index is 1900. The fourth-order valence-corrected chi connectivity index (χ4v) is 8.98. The molecule has 1 amide bonds. The number of hydrogen-bond donors (Lipinski definition) is 3. The van der Waals surface area contributed by atoms with Gasteiger partial charge in [-0.05, 0) is 89.3 Å². The van der Waals surface area contributed by atoms with Gasteiger partial charge in [-0.25, -0.2) is 0 Å². The van der Waals surface area contributed by atoms with Gasteiger partial charge in [0.15, 0.2) is 20.7 Å². The van der Waals surface area contributed by atoms with Gasteiger partial charge >= 0.3 is 5.97 Å². The highest BCUT2D eigenvalue weighted by atomic mass is 28.4. The standard InChI is InChI=1S/C50H71NO7Si/c1-50(2,3)59(4,5)56-36-43-47(54)48(58-45(53)35-17-13-9-7-11-15-25-38-29-23-31-40-27-19-21-33-42(38)40)46(49(55)57-43)51-44(52)34-16-12-8-6-10-14-24-37-28-22-30-39-26-18-20-32-41(37)39/h18-23,26-33,43,46-49,54-55H,6-17,24-25,34-36H2,1-5H3,(H,51,52)/t43-,46+,47-,48-,49+/m1/s1. The van der Waals surface area contributed by atoms with Gasteiger partial charge in [-0.15, -0.1) is 0 Å². The third kappa shape index (κ3) is 14.0. The first kappa shape index (κ1) is 46.5. The number of aliphatic hydroxyl groups is 2. The number of ether oxygens (including phenoxy) is 2. The van der Waals surface area contributed by atoms with Gasteiger partial charge < -0.3 is 29.4 Å². The minimum absolute atomic E-state index is 0.0475. The molecule has 4 aromatic rings. The van der Waals surface area contributed by atoms with Crippen LogP contribution in [-0.2, 0) is 36.3 Å². The number of fused-ring (bicyclic) bond motifs is 2. The van der Waals surface area contributed by atoms with Crippen molar-refractivity contribution in [3.05, 3.63) is 96.1 Å². The van der Waals surface area contributed by atoms with E-state index in [0.29, 0.717) is 12.8 Å². The van der Waals surface area contributed by atoms with Crippen LogP contribution in [0.2, 0.25) is 18.1 Å². The van der Waals surface area contributed by atoms with Gasteiger partial charge in [-0.1, -0.05) is 157 Å². The lowest BCUT2D eigenvalue weighted by Gasteiger charge is -2.44. The first-order valence-electron chi connectivity index (χ1n) is 22.4. The fraction of sp³-hybridized carbons (Fsp3) is 0.560. The van der Waals surface area contributed by atoms with E-state index in [4.69, 9.17) is 13.9 Å². The fourth-order valence-electron chi connectivity index (χ4n) is 7.96. The van der Waals surface area contributed by atoms with Gasteiger partial charge in [-0.2, -0.15) is 0 Å².